The number of nitrogens with two attached hydrogens (primary N) is 1. The van der Waals surface area contributed by atoms with E-state index in [1.807, 2.05) is 11.9 Å². The number of nitrogen functional groups attached to an aromatic ring is 1. The molecular formula is C12H20N8. The molecule has 2 heterocycles. The zero-order chi connectivity index (χ0) is 14.5. The molecule has 0 amide bonds. The number of rotatable bonds is 6. The third-order valence-electron chi connectivity index (χ3n) is 3.28. The standard InChI is InChI=1S/C12H20N8/c1-4-9(5-2)19(3)11-15-10(18-13)16-12(17-11)20-7-6-14-8-20/h6-9H,4-5,13H2,1-3H3,(H,15,16,17,18). The number of hydrogen-bond donors (Lipinski definition) is 2. The van der Waals surface area contributed by atoms with Gasteiger partial charge in [0.25, 0.3) is 0 Å². The second-order valence-electron chi connectivity index (χ2n) is 4.45. The summed E-state index contributed by atoms with van der Waals surface area (Å²) in [6, 6.07) is 0.374. The van der Waals surface area contributed by atoms with Gasteiger partial charge < -0.3 is 4.90 Å². The SMILES string of the molecule is CCC(CC)N(C)c1nc(NN)nc(-n2ccnc2)n1. The van der Waals surface area contributed by atoms with Crippen LogP contribution in [0.25, 0.3) is 5.95 Å². The summed E-state index contributed by atoms with van der Waals surface area (Å²) >= 11 is 0. The third kappa shape index (κ3) is 2.85. The van der Waals surface area contributed by atoms with Crippen LogP contribution >= 0.6 is 0 Å². The van der Waals surface area contributed by atoms with E-state index in [1.54, 1.807) is 23.3 Å². The lowest BCUT2D eigenvalue weighted by molar-refractivity contribution is 0.579. The number of nitrogens with one attached hydrogen (secondary N) is 1. The number of aromatic nitrogens is 5. The number of nitrogens with zero attached hydrogens (tertiary/aromatic N) is 6. The van der Waals surface area contributed by atoms with Gasteiger partial charge in [-0.25, -0.2) is 10.8 Å². The maximum atomic E-state index is 5.44. The van der Waals surface area contributed by atoms with Crippen molar-refractivity contribution in [3.63, 3.8) is 0 Å². The van der Waals surface area contributed by atoms with Crippen molar-refractivity contribution < 1.29 is 0 Å². The first kappa shape index (κ1) is 14.2. The molecule has 0 radical (unpaired) electrons. The highest BCUT2D eigenvalue weighted by Crippen LogP contribution is 2.16. The van der Waals surface area contributed by atoms with Crippen molar-refractivity contribution in [2.24, 2.45) is 5.84 Å². The van der Waals surface area contributed by atoms with Crippen LogP contribution in [0.15, 0.2) is 18.7 Å². The molecule has 0 unspecified atom stereocenters. The lowest BCUT2D eigenvalue weighted by Gasteiger charge is -2.26. The third-order valence-corrected chi connectivity index (χ3v) is 3.28. The fourth-order valence-electron chi connectivity index (χ4n) is 2.07. The minimum atomic E-state index is 0.330. The Morgan fingerprint density at radius 3 is 2.60 bits per heavy atom. The molecule has 20 heavy (non-hydrogen) atoms. The average Bonchev–Trinajstić information content (AvgIpc) is 3.02. The minimum absolute atomic E-state index is 0.330. The van der Waals surface area contributed by atoms with Gasteiger partial charge in [0.2, 0.25) is 17.8 Å². The van der Waals surface area contributed by atoms with E-state index in [0.29, 0.717) is 23.9 Å². The predicted octanol–water partition coefficient (Wildman–Crippen LogP) is 0.968. The maximum absolute atomic E-state index is 5.44. The van der Waals surface area contributed by atoms with Crippen LogP contribution in [-0.2, 0) is 0 Å². The molecule has 0 fully saturated rings. The van der Waals surface area contributed by atoms with Gasteiger partial charge in [0.15, 0.2) is 0 Å². The topological polar surface area (TPSA) is 97.8 Å². The summed E-state index contributed by atoms with van der Waals surface area (Å²) in [5.74, 6) is 6.84. The molecule has 0 aliphatic heterocycles. The van der Waals surface area contributed by atoms with Crippen LogP contribution in [0.5, 0.6) is 0 Å². The van der Waals surface area contributed by atoms with Crippen LogP contribution in [0.1, 0.15) is 26.7 Å². The number of anilines is 2. The molecule has 0 bridgehead atoms. The molecule has 0 atom stereocenters. The van der Waals surface area contributed by atoms with Crippen LogP contribution in [0.2, 0.25) is 0 Å². The molecule has 3 N–H and O–H groups in total. The Hall–Kier alpha value is -2.22. The molecule has 0 aromatic carbocycles. The van der Waals surface area contributed by atoms with E-state index in [1.165, 1.54) is 0 Å². The summed E-state index contributed by atoms with van der Waals surface area (Å²) in [6.45, 7) is 4.29. The van der Waals surface area contributed by atoms with E-state index in [4.69, 9.17) is 5.84 Å². The second kappa shape index (κ2) is 6.29. The molecule has 2 aromatic heterocycles. The Morgan fingerprint density at radius 2 is 2.05 bits per heavy atom. The van der Waals surface area contributed by atoms with E-state index < -0.39 is 0 Å². The van der Waals surface area contributed by atoms with Gasteiger partial charge in [0.05, 0.1) is 0 Å². The summed E-state index contributed by atoms with van der Waals surface area (Å²) in [4.78, 5) is 19.0. The molecule has 108 valence electrons. The van der Waals surface area contributed by atoms with E-state index >= 15 is 0 Å². The fraction of sp³-hybridized carbons (Fsp3) is 0.500. The Bertz CT molecular complexity index is 534. The van der Waals surface area contributed by atoms with Crippen molar-refractivity contribution >= 4 is 11.9 Å². The highest BCUT2D eigenvalue weighted by Gasteiger charge is 2.16. The van der Waals surface area contributed by atoms with Gasteiger partial charge >= 0.3 is 0 Å². The van der Waals surface area contributed by atoms with Gasteiger partial charge in [0, 0.05) is 25.5 Å². The molecular weight excluding hydrogens is 256 g/mol. The van der Waals surface area contributed by atoms with Crippen molar-refractivity contribution in [1.82, 2.24) is 24.5 Å². The zero-order valence-electron chi connectivity index (χ0n) is 12.0. The maximum Gasteiger partial charge on any atom is 0.243 e. The minimum Gasteiger partial charge on any atom is -0.341 e. The Kier molecular flexibility index (Phi) is 4.46. The van der Waals surface area contributed by atoms with E-state index in [9.17, 15) is 0 Å². The first-order chi connectivity index (χ1) is 9.69. The molecule has 0 aliphatic carbocycles. The lowest BCUT2D eigenvalue weighted by atomic mass is 10.1. The Morgan fingerprint density at radius 1 is 1.30 bits per heavy atom. The van der Waals surface area contributed by atoms with Crippen LogP contribution in [0.4, 0.5) is 11.9 Å². The van der Waals surface area contributed by atoms with Gasteiger partial charge in [-0.1, -0.05) is 13.8 Å². The smallest absolute Gasteiger partial charge is 0.243 e. The van der Waals surface area contributed by atoms with Crippen LogP contribution in [0, 0.1) is 0 Å². The summed E-state index contributed by atoms with van der Waals surface area (Å²) in [5.41, 5.74) is 2.48. The Labute approximate surface area is 118 Å². The van der Waals surface area contributed by atoms with E-state index in [-0.39, 0.29) is 0 Å². The molecule has 2 rings (SSSR count). The number of hydrogen-bond acceptors (Lipinski definition) is 7. The van der Waals surface area contributed by atoms with Crippen molar-refractivity contribution in [2.75, 3.05) is 17.4 Å². The van der Waals surface area contributed by atoms with Crippen molar-refractivity contribution in [3.8, 4) is 5.95 Å². The summed E-state index contributed by atoms with van der Waals surface area (Å²) in [5, 5.41) is 0. The van der Waals surface area contributed by atoms with Gasteiger partial charge in [-0.2, -0.15) is 15.0 Å². The Balaban J connectivity index is 2.40. The molecule has 0 spiro atoms. The van der Waals surface area contributed by atoms with Gasteiger partial charge in [-0.15, -0.1) is 0 Å². The molecule has 8 nitrogen and oxygen atoms in total. The van der Waals surface area contributed by atoms with Gasteiger partial charge in [-0.3, -0.25) is 9.99 Å². The van der Waals surface area contributed by atoms with Gasteiger partial charge in [-0.05, 0) is 12.8 Å². The van der Waals surface area contributed by atoms with Crippen molar-refractivity contribution in [3.05, 3.63) is 18.7 Å². The lowest BCUT2D eigenvalue weighted by Crippen LogP contribution is -2.32. The molecule has 2 aromatic rings. The van der Waals surface area contributed by atoms with Crippen molar-refractivity contribution in [2.45, 2.75) is 32.7 Å². The van der Waals surface area contributed by atoms with Crippen LogP contribution < -0.4 is 16.2 Å². The van der Waals surface area contributed by atoms with Crippen LogP contribution in [0.3, 0.4) is 0 Å². The zero-order valence-corrected chi connectivity index (χ0v) is 12.0. The average molecular weight is 276 g/mol. The van der Waals surface area contributed by atoms with Crippen molar-refractivity contribution in [1.29, 1.82) is 0 Å². The first-order valence-corrected chi connectivity index (χ1v) is 6.63. The monoisotopic (exact) mass is 276 g/mol. The quantitative estimate of drug-likeness (QED) is 0.599. The number of imidazole rings is 1. The highest BCUT2D eigenvalue weighted by atomic mass is 15.4. The first-order valence-electron chi connectivity index (χ1n) is 6.63. The normalized spacial score (nSPS) is 10.8. The van der Waals surface area contributed by atoms with Crippen LogP contribution in [-0.4, -0.2) is 37.6 Å². The van der Waals surface area contributed by atoms with E-state index in [2.05, 4.69) is 39.2 Å². The number of hydrazine groups is 1. The molecule has 8 heteroatoms. The van der Waals surface area contributed by atoms with Gasteiger partial charge in [0.1, 0.15) is 6.33 Å². The summed E-state index contributed by atoms with van der Waals surface area (Å²) < 4.78 is 1.72. The largest absolute Gasteiger partial charge is 0.341 e. The second-order valence-corrected chi connectivity index (χ2v) is 4.45. The molecule has 0 aliphatic rings. The predicted molar refractivity (Wildman–Crippen MR) is 77.5 cm³/mol. The molecule has 0 saturated heterocycles. The molecule has 0 saturated carbocycles. The van der Waals surface area contributed by atoms with E-state index in [0.717, 1.165) is 12.8 Å². The fourth-order valence-corrected chi connectivity index (χ4v) is 2.07. The highest BCUT2D eigenvalue weighted by molar-refractivity contribution is 5.39. The summed E-state index contributed by atoms with van der Waals surface area (Å²) in [7, 11) is 1.98. The summed E-state index contributed by atoms with van der Waals surface area (Å²) in [6.07, 6.45) is 7.12.